The first-order valence-electron chi connectivity index (χ1n) is 9.67. The van der Waals surface area contributed by atoms with Crippen molar-refractivity contribution in [3.63, 3.8) is 0 Å². The van der Waals surface area contributed by atoms with Crippen molar-refractivity contribution < 1.29 is 14.7 Å². The van der Waals surface area contributed by atoms with Crippen molar-refractivity contribution >= 4 is 17.6 Å². The van der Waals surface area contributed by atoms with Crippen LogP contribution < -0.4 is 10.6 Å². The van der Waals surface area contributed by atoms with Gasteiger partial charge in [-0.25, -0.2) is 0 Å². The van der Waals surface area contributed by atoms with Crippen molar-refractivity contribution in [1.82, 2.24) is 10.2 Å². The first kappa shape index (κ1) is 18.7. The molecule has 1 aromatic carbocycles. The lowest BCUT2D eigenvalue weighted by Gasteiger charge is -2.31. The summed E-state index contributed by atoms with van der Waals surface area (Å²) in [5.41, 5.74) is 1.70. The van der Waals surface area contributed by atoms with Crippen LogP contribution in [0.5, 0.6) is 0 Å². The van der Waals surface area contributed by atoms with E-state index in [0.717, 1.165) is 38.2 Å². The number of carboxylic acid groups (broad SMARTS) is 1. The summed E-state index contributed by atoms with van der Waals surface area (Å²) < 4.78 is 0. The van der Waals surface area contributed by atoms with Crippen LogP contribution in [-0.4, -0.2) is 54.6 Å². The van der Waals surface area contributed by atoms with Gasteiger partial charge in [-0.2, -0.15) is 0 Å². The summed E-state index contributed by atoms with van der Waals surface area (Å²) in [4.78, 5) is 25.4. The molecule has 0 unspecified atom stereocenters. The minimum absolute atomic E-state index is 0.0456. The molecule has 0 aliphatic carbocycles. The molecule has 1 amide bonds. The summed E-state index contributed by atoms with van der Waals surface area (Å²) in [6.45, 7) is 4.40. The molecule has 6 nitrogen and oxygen atoms in total. The third-order valence-corrected chi connectivity index (χ3v) is 5.53. The van der Waals surface area contributed by atoms with Gasteiger partial charge in [-0.15, -0.1) is 0 Å². The molecule has 0 saturated carbocycles. The van der Waals surface area contributed by atoms with E-state index in [1.165, 1.54) is 12.8 Å². The van der Waals surface area contributed by atoms with Gasteiger partial charge in [0.15, 0.2) is 0 Å². The summed E-state index contributed by atoms with van der Waals surface area (Å²) in [7, 11) is 0. The zero-order valence-corrected chi connectivity index (χ0v) is 15.2. The summed E-state index contributed by atoms with van der Waals surface area (Å²) >= 11 is 0. The number of nitrogens with one attached hydrogen (secondary N) is 2. The number of carbonyl (C=O) groups excluding carboxylic acids is 1. The molecule has 1 aromatic rings. The number of likely N-dealkylation sites (tertiary alicyclic amines) is 1. The van der Waals surface area contributed by atoms with Crippen LogP contribution in [0.25, 0.3) is 0 Å². The normalized spacial score (nSPS) is 19.3. The molecule has 2 saturated heterocycles. The number of amides is 1. The Kier molecular flexibility index (Phi) is 6.50. The highest BCUT2D eigenvalue weighted by Gasteiger charge is 2.25. The van der Waals surface area contributed by atoms with Gasteiger partial charge in [0.2, 0.25) is 0 Å². The number of carboxylic acids is 1. The lowest BCUT2D eigenvalue weighted by atomic mass is 9.93. The monoisotopic (exact) mass is 359 g/mol. The first-order chi connectivity index (χ1) is 12.6. The van der Waals surface area contributed by atoms with Crippen LogP contribution in [0.1, 0.15) is 42.5 Å². The molecule has 2 heterocycles. The molecular formula is C20H29N3O3. The summed E-state index contributed by atoms with van der Waals surface area (Å²) in [6, 6.07) is 7.74. The second-order valence-electron chi connectivity index (χ2n) is 7.49. The Morgan fingerprint density at radius 3 is 2.54 bits per heavy atom. The Hall–Kier alpha value is -2.08. The number of hydrogen-bond donors (Lipinski definition) is 3. The largest absolute Gasteiger partial charge is 0.481 e. The molecule has 0 aromatic heterocycles. The minimum atomic E-state index is -0.748. The molecule has 2 fully saturated rings. The number of aliphatic carboxylic acids is 1. The van der Waals surface area contributed by atoms with Crippen molar-refractivity contribution in [3.8, 4) is 0 Å². The number of anilines is 1. The fourth-order valence-corrected chi connectivity index (χ4v) is 3.88. The van der Waals surface area contributed by atoms with Crippen molar-refractivity contribution in [3.05, 3.63) is 29.8 Å². The van der Waals surface area contributed by atoms with Crippen molar-refractivity contribution in [2.75, 3.05) is 38.0 Å². The Morgan fingerprint density at radius 1 is 1.12 bits per heavy atom. The van der Waals surface area contributed by atoms with Gasteiger partial charge in [0.25, 0.3) is 5.91 Å². The Labute approximate surface area is 155 Å². The number of carbonyl (C=O) groups is 2. The highest BCUT2D eigenvalue weighted by atomic mass is 16.4. The average Bonchev–Trinajstić information content (AvgIpc) is 2.67. The van der Waals surface area contributed by atoms with E-state index >= 15 is 0 Å². The van der Waals surface area contributed by atoms with Gasteiger partial charge in [0, 0.05) is 37.3 Å². The maximum atomic E-state index is 12.8. The van der Waals surface area contributed by atoms with E-state index in [4.69, 9.17) is 5.11 Å². The fraction of sp³-hybridized carbons (Fsp3) is 0.600. The number of piperidine rings is 2. The van der Waals surface area contributed by atoms with E-state index in [0.29, 0.717) is 24.6 Å². The van der Waals surface area contributed by atoms with Crippen LogP contribution in [0.2, 0.25) is 0 Å². The second kappa shape index (κ2) is 9.03. The molecule has 0 radical (unpaired) electrons. The third kappa shape index (κ3) is 5.21. The van der Waals surface area contributed by atoms with Crippen molar-refractivity contribution in [1.29, 1.82) is 0 Å². The summed E-state index contributed by atoms with van der Waals surface area (Å²) in [5, 5.41) is 15.8. The van der Waals surface area contributed by atoms with Gasteiger partial charge in [-0.3, -0.25) is 9.59 Å². The number of hydrogen-bond acceptors (Lipinski definition) is 4. The van der Waals surface area contributed by atoms with E-state index in [1.807, 2.05) is 29.2 Å². The van der Waals surface area contributed by atoms with Crippen LogP contribution in [0.3, 0.4) is 0 Å². The number of benzene rings is 1. The van der Waals surface area contributed by atoms with E-state index in [-0.39, 0.29) is 18.2 Å². The van der Waals surface area contributed by atoms with Gasteiger partial charge >= 0.3 is 5.97 Å². The molecule has 26 heavy (non-hydrogen) atoms. The van der Waals surface area contributed by atoms with Gasteiger partial charge < -0.3 is 20.6 Å². The maximum Gasteiger partial charge on any atom is 0.303 e. The Balaban J connectivity index is 1.52. The molecule has 0 atom stereocenters. The van der Waals surface area contributed by atoms with Crippen LogP contribution in [0.4, 0.5) is 5.69 Å². The van der Waals surface area contributed by atoms with E-state index in [9.17, 15) is 9.59 Å². The molecule has 3 rings (SSSR count). The standard InChI is InChI=1S/C20H29N3O3/c24-19(25)12-15-6-10-23(11-7-15)20(26)17-2-1-3-18(13-17)22-14-16-4-8-21-9-5-16/h1-3,13,15-16,21-22H,4-12,14H2,(H,24,25). The topological polar surface area (TPSA) is 81.7 Å². The van der Waals surface area contributed by atoms with Crippen LogP contribution in [0, 0.1) is 11.8 Å². The maximum absolute atomic E-state index is 12.8. The smallest absolute Gasteiger partial charge is 0.303 e. The van der Waals surface area contributed by atoms with Crippen LogP contribution >= 0.6 is 0 Å². The molecule has 0 spiro atoms. The molecule has 2 aliphatic rings. The molecule has 0 bridgehead atoms. The molecular weight excluding hydrogens is 330 g/mol. The van der Waals surface area contributed by atoms with E-state index in [2.05, 4.69) is 10.6 Å². The summed E-state index contributed by atoms with van der Waals surface area (Å²) in [5.74, 6) is 0.171. The quantitative estimate of drug-likeness (QED) is 0.727. The van der Waals surface area contributed by atoms with Gasteiger partial charge in [0.1, 0.15) is 0 Å². The number of nitrogens with zero attached hydrogens (tertiary/aromatic N) is 1. The second-order valence-corrected chi connectivity index (χ2v) is 7.49. The summed E-state index contributed by atoms with van der Waals surface area (Å²) in [6.07, 6.45) is 4.13. The van der Waals surface area contributed by atoms with E-state index < -0.39 is 5.97 Å². The van der Waals surface area contributed by atoms with Crippen molar-refractivity contribution in [2.45, 2.75) is 32.1 Å². The molecule has 142 valence electrons. The molecule has 2 aliphatic heterocycles. The Morgan fingerprint density at radius 2 is 1.85 bits per heavy atom. The van der Waals surface area contributed by atoms with E-state index in [1.54, 1.807) is 0 Å². The first-order valence-corrected chi connectivity index (χ1v) is 9.67. The van der Waals surface area contributed by atoms with Gasteiger partial charge in [0.05, 0.1) is 0 Å². The number of rotatable bonds is 6. The third-order valence-electron chi connectivity index (χ3n) is 5.53. The fourth-order valence-electron chi connectivity index (χ4n) is 3.88. The van der Waals surface area contributed by atoms with Crippen LogP contribution in [0.15, 0.2) is 24.3 Å². The lowest BCUT2D eigenvalue weighted by molar-refractivity contribution is -0.138. The van der Waals surface area contributed by atoms with Crippen LogP contribution in [-0.2, 0) is 4.79 Å². The highest BCUT2D eigenvalue weighted by Crippen LogP contribution is 2.23. The van der Waals surface area contributed by atoms with Gasteiger partial charge in [-0.1, -0.05) is 6.07 Å². The lowest BCUT2D eigenvalue weighted by Crippen LogP contribution is -2.38. The molecule has 3 N–H and O–H groups in total. The van der Waals surface area contributed by atoms with Gasteiger partial charge in [-0.05, 0) is 68.8 Å². The zero-order chi connectivity index (χ0) is 18.4. The predicted octanol–water partition coefficient (Wildman–Crippen LogP) is 2.43. The highest BCUT2D eigenvalue weighted by molar-refractivity contribution is 5.95. The average molecular weight is 359 g/mol. The van der Waals surface area contributed by atoms with Crippen molar-refractivity contribution in [2.24, 2.45) is 11.8 Å². The zero-order valence-electron chi connectivity index (χ0n) is 15.2. The minimum Gasteiger partial charge on any atom is -0.481 e. The SMILES string of the molecule is O=C(O)CC1CCN(C(=O)c2cccc(NCC3CCNCC3)c2)CC1. The molecule has 6 heteroatoms. The Bertz CT molecular complexity index is 620. The predicted molar refractivity (Wildman–Crippen MR) is 101 cm³/mol.